The molecule has 1 heterocycles. The molecule has 0 spiro atoms. The summed E-state index contributed by atoms with van der Waals surface area (Å²) < 4.78 is 37.9. The number of aromatic nitrogens is 2. The minimum Gasteiger partial charge on any atom is -0.388 e. The molecule has 4 nitrogen and oxygen atoms in total. The Balaban J connectivity index is 2.21. The Kier molecular flexibility index (Phi) is 4.11. The van der Waals surface area contributed by atoms with Crippen molar-refractivity contribution in [2.45, 2.75) is 37.5 Å². The van der Waals surface area contributed by atoms with Gasteiger partial charge < -0.3 is 10.0 Å². The third-order valence-corrected chi connectivity index (χ3v) is 3.59. The molecule has 1 aromatic rings. The van der Waals surface area contributed by atoms with Crippen LogP contribution in [0.5, 0.6) is 0 Å². The number of hydrogen-bond acceptors (Lipinski definition) is 4. The number of aliphatic hydroxyl groups is 1. The SMILES string of the molecule is CN(CC1(O)CCCC1)c1cc(Cl)nc(C(F)(F)F)n1. The van der Waals surface area contributed by atoms with E-state index in [1.165, 1.54) is 11.0 Å². The van der Waals surface area contributed by atoms with Crippen LogP contribution in [-0.2, 0) is 6.18 Å². The van der Waals surface area contributed by atoms with Crippen molar-refractivity contribution in [1.82, 2.24) is 9.97 Å². The average Bonchev–Trinajstić information content (AvgIpc) is 2.73. The van der Waals surface area contributed by atoms with Crippen LogP contribution in [0, 0.1) is 0 Å². The van der Waals surface area contributed by atoms with E-state index in [1.54, 1.807) is 7.05 Å². The molecule has 0 amide bonds. The van der Waals surface area contributed by atoms with Gasteiger partial charge in [-0.1, -0.05) is 24.4 Å². The fraction of sp³-hybridized carbons (Fsp3) is 0.667. The highest BCUT2D eigenvalue weighted by atomic mass is 35.5. The largest absolute Gasteiger partial charge is 0.451 e. The lowest BCUT2D eigenvalue weighted by Crippen LogP contribution is -2.39. The van der Waals surface area contributed by atoms with Gasteiger partial charge in [0, 0.05) is 19.7 Å². The van der Waals surface area contributed by atoms with E-state index in [-0.39, 0.29) is 17.5 Å². The Morgan fingerprint density at radius 3 is 2.50 bits per heavy atom. The number of anilines is 1. The van der Waals surface area contributed by atoms with Crippen LogP contribution in [0.25, 0.3) is 0 Å². The van der Waals surface area contributed by atoms with Gasteiger partial charge in [0.15, 0.2) is 0 Å². The Morgan fingerprint density at radius 2 is 1.95 bits per heavy atom. The molecule has 20 heavy (non-hydrogen) atoms. The highest BCUT2D eigenvalue weighted by molar-refractivity contribution is 6.29. The monoisotopic (exact) mass is 309 g/mol. The van der Waals surface area contributed by atoms with Gasteiger partial charge in [0.25, 0.3) is 0 Å². The van der Waals surface area contributed by atoms with Crippen LogP contribution in [0.15, 0.2) is 6.07 Å². The van der Waals surface area contributed by atoms with Gasteiger partial charge in [-0.25, -0.2) is 9.97 Å². The fourth-order valence-corrected chi connectivity index (χ4v) is 2.62. The Bertz CT molecular complexity index is 489. The quantitative estimate of drug-likeness (QED) is 0.872. The van der Waals surface area contributed by atoms with Crippen molar-refractivity contribution in [2.24, 2.45) is 0 Å². The number of likely N-dealkylation sites (N-methyl/N-ethyl adjacent to an activating group) is 1. The molecule has 8 heteroatoms. The fourth-order valence-electron chi connectivity index (χ4n) is 2.44. The van der Waals surface area contributed by atoms with Crippen LogP contribution in [0.1, 0.15) is 31.5 Å². The lowest BCUT2D eigenvalue weighted by Gasteiger charge is -2.29. The van der Waals surface area contributed by atoms with Crippen molar-refractivity contribution in [2.75, 3.05) is 18.5 Å². The highest BCUT2D eigenvalue weighted by Crippen LogP contribution is 2.32. The standard InChI is InChI=1S/C12H15ClF3N3O/c1-19(7-11(20)4-2-3-5-11)9-6-8(13)17-10(18-9)12(14,15)16/h6,20H,2-5,7H2,1H3. The van der Waals surface area contributed by atoms with E-state index in [0.717, 1.165) is 12.8 Å². The smallest absolute Gasteiger partial charge is 0.388 e. The van der Waals surface area contributed by atoms with Gasteiger partial charge >= 0.3 is 6.18 Å². The molecule has 112 valence electrons. The first kappa shape index (κ1) is 15.3. The summed E-state index contributed by atoms with van der Waals surface area (Å²) >= 11 is 5.61. The van der Waals surface area contributed by atoms with Crippen molar-refractivity contribution in [3.8, 4) is 0 Å². The van der Waals surface area contributed by atoms with E-state index < -0.39 is 17.6 Å². The molecular formula is C12H15ClF3N3O. The maximum absolute atomic E-state index is 12.6. The van der Waals surface area contributed by atoms with Gasteiger partial charge in [-0.15, -0.1) is 0 Å². The lowest BCUT2D eigenvalue weighted by molar-refractivity contribution is -0.144. The van der Waals surface area contributed by atoms with Crippen LogP contribution in [-0.4, -0.2) is 34.3 Å². The molecule has 0 aliphatic heterocycles. The summed E-state index contributed by atoms with van der Waals surface area (Å²) in [6.07, 6.45) is -1.53. The number of nitrogens with zero attached hydrogens (tertiary/aromatic N) is 3. The van der Waals surface area contributed by atoms with Gasteiger partial charge in [-0.05, 0) is 12.8 Å². The Morgan fingerprint density at radius 1 is 1.35 bits per heavy atom. The molecule has 1 aliphatic rings. The summed E-state index contributed by atoms with van der Waals surface area (Å²) in [5.74, 6) is -1.22. The Labute approximate surface area is 119 Å². The van der Waals surface area contributed by atoms with E-state index in [2.05, 4.69) is 9.97 Å². The van der Waals surface area contributed by atoms with Crippen LogP contribution < -0.4 is 4.90 Å². The lowest BCUT2D eigenvalue weighted by atomic mass is 10.0. The summed E-state index contributed by atoms with van der Waals surface area (Å²) in [4.78, 5) is 8.13. The van der Waals surface area contributed by atoms with Crippen LogP contribution in [0.4, 0.5) is 19.0 Å². The van der Waals surface area contributed by atoms with Gasteiger partial charge in [0.2, 0.25) is 5.82 Å². The summed E-state index contributed by atoms with van der Waals surface area (Å²) in [6.45, 7) is 0.220. The molecule has 0 radical (unpaired) electrons. The number of rotatable bonds is 3. The molecule has 1 fully saturated rings. The first-order chi connectivity index (χ1) is 9.20. The van der Waals surface area contributed by atoms with E-state index in [1.807, 2.05) is 0 Å². The van der Waals surface area contributed by atoms with E-state index in [9.17, 15) is 18.3 Å². The predicted molar refractivity (Wildman–Crippen MR) is 68.7 cm³/mol. The van der Waals surface area contributed by atoms with Gasteiger partial charge in [0.1, 0.15) is 11.0 Å². The number of alkyl halides is 3. The second-order valence-corrected chi connectivity index (χ2v) is 5.54. The molecule has 1 N–H and O–H groups in total. The molecule has 0 aromatic carbocycles. The molecule has 0 bridgehead atoms. The van der Waals surface area contributed by atoms with E-state index in [4.69, 9.17) is 11.6 Å². The van der Waals surface area contributed by atoms with Crippen molar-refractivity contribution < 1.29 is 18.3 Å². The molecule has 1 aromatic heterocycles. The summed E-state index contributed by atoms with van der Waals surface area (Å²) in [5, 5.41) is 10.0. The molecule has 1 aliphatic carbocycles. The number of halogens is 4. The average molecular weight is 310 g/mol. The van der Waals surface area contributed by atoms with Gasteiger partial charge in [0.05, 0.1) is 5.60 Å². The topological polar surface area (TPSA) is 49.2 Å². The maximum Gasteiger partial charge on any atom is 0.451 e. The summed E-state index contributed by atoms with van der Waals surface area (Å²) in [5.41, 5.74) is -0.870. The van der Waals surface area contributed by atoms with Gasteiger partial charge in [-0.2, -0.15) is 13.2 Å². The highest BCUT2D eigenvalue weighted by Gasteiger charge is 2.37. The van der Waals surface area contributed by atoms with E-state index in [0.29, 0.717) is 12.8 Å². The zero-order valence-corrected chi connectivity index (χ0v) is 11.7. The van der Waals surface area contributed by atoms with Crippen LogP contribution in [0.3, 0.4) is 0 Å². The minimum absolute atomic E-state index is 0.0534. The molecule has 1 saturated carbocycles. The number of hydrogen-bond donors (Lipinski definition) is 1. The summed E-state index contributed by atoms with van der Waals surface area (Å²) in [7, 11) is 1.58. The van der Waals surface area contributed by atoms with Crippen molar-refractivity contribution in [3.05, 3.63) is 17.0 Å². The first-order valence-electron chi connectivity index (χ1n) is 6.25. The molecule has 0 unspecified atom stereocenters. The zero-order chi connectivity index (χ0) is 15.0. The second kappa shape index (κ2) is 5.37. The van der Waals surface area contributed by atoms with Crippen LogP contribution >= 0.6 is 11.6 Å². The first-order valence-corrected chi connectivity index (χ1v) is 6.63. The summed E-state index contributed by atoms with van der Waals surface area (Å²) in [6, 6.07) is 1.26. The molecule has 2 rings (SSSR count). The third kappa shape index (κ3) is 3.52. The van der Waals surface area contributed by atoms with E-state index >= 15 is 0 Å². The zero-order valence-electron chi connectivity index (χ0n) is 10.9. The normalized spacial score (nSPS) is 18.3. The molecule has 0 saturated heterocycles. The van der Waals surface area contributed by atoms with Gasteiger partial charge in [-0.3, -0.25) is 0 Å². The molecular weight excluding hydrogens is 295 g/mol. The van der Waals surface area contributed by atoms with Crippen molar-refractivity contribution in [1.29, 1.82) is 0 Å². The van der Waals surface area contributed by atoms with Crippen molar-refractivity contribution in [3.63, 3.8) is 0 Å². The van der Waals surface area contributed by atoms with Crippen LogP contribution in [0.2, 0.25) is 5.15 Å². The Hall–Kier alpha value is -1.08. The molecule has 0 atom stereocenters. The van der Waals surface area contributed by atoms with Crippen molar-refractivity contribution >= 4 is 17.4 Å². The predicted octanol–water partition coefficient (Wildman–Crippen LogP) is 2.89. The second-order valence-electron chi connectivity index (χ2n) is 5.16. The third-order valence-electron chi connectivity index (χ3n) is 3.39. The maximum atomic E-state index is 12.6. The minimum atomic E-state index is -4.65.